The van der Waals surface area contributed by atoms with E-state index < -0.39 is 0 Å². The number of hydrogen-bond donors (Lipinski definition) is 0. The summed E-state index contributed by atoms with van der Waals surface area (Å²) in [5.41, 5.74) is 1.15. The van der Waals surface area contributed by atoms with Crippen molar-refractivity contribution < 1.29 is 13.9 Å². The van der Waals surface area contributed by atoms with Crippen molar-refractivity contribution in [2.75, 3.05) is 13.1 Å². The van der Waals surface area contributed by atoms with E-state index in [0.29, 0.717) is 30.8 Å². The van der Waals surface area contributed by atoms with Gasteiger partial charge in [-0.15, -0.1) is 0 Å². The number of aryl methyl sites for hydroxylation is 1. The predicted octanol–water partition coefficient (Wildman–Crippen LogP) is 2.13. The molecule has 5 nitrogen and oxygen atoms in total. The summed E-state index contributed by atoms with van der Waals surface area (Å²) in [6, 6.07) is 8.79. The van der Waals surface area contributed by atoms with Crippen LogP contribution < -0.4 is 10.3 Å². The number of nitrogens with zero attached hydrogens (tertiary/aromatic N) is 2. The Bertz CT molecular complexity index is 814. The van der Waals surface area contributed by atoms with Gasteiger partial charge in [-0.25, -0.2) is 4.39 Å². The second-order valence-electron chi connectivity index (χ2n) is 6.02. The van der Waals surface area contributed by atoms with Gasteiger partial charge in [0.15, 0.2) is 0 Å². The molecular weight excluding hydrogens is 311 g/mol. The van der Waals surface area contributed by atoms with Crippen LogP contribution in [0.3, 0.4) is 0 Å². The van der Waals surface area contributed by atoms with Crippen LogP contribution in [0, 0.1) is 12.7 Å². The lowest BCUT2D eigenvalue weighted by Crippen LogP contribution is -2.31. The van der Waals surface area contributed by atoms with E-state index >= 15 is 0 Å². The molecule has 1 saturated heterocycles. The van der Waals surface area contributed by atoms with Crippen molar-refractivity contribution in [1.82, 2.24) is 9.47 Å². The molecule has 2 aromatic rings. The molecule has 1 atom stereocenters. The third-order valence-electron chi connectivity index (χ3n) is 4.30. The van der Waals surface area contributed by atoms with Crippen molar-refractivity contribution >= 4 is 5.91 Å². The first-order valence-corrected chi connectivity index (χ1v) is 7.83. The number of carbonyl (C=O) groups excluding carboxylic acids is 1. The highest BCUT2D eigenvalue weighted by Gasteiger charge is 2.28. The van der Waals surface area contributed by atoms with E-state index in [-0.39, 0.29) is 23.4 Å². The van der Waals surface area contributed by atoms with Gasteiger partial charge in [0.25, 0.3) is 11.5 Å². The lowest BCUT2D eigenvalue weighted by atomic mass is 10.2. The number of pyridine rings is 1. The predicted molar refractivity (Wildman–Crippen MR) is 87.8 cm³/mol. The van der Waals surface area contributed by atoms with Gasteiger partial charge in [0.1, 0.15) is 17.7 Å². The Morgan fingerprint density at radius 2 is 1.96 bits per heavy atom. The molecule has 0 aliphatic carbocycles. The average molecular weight is 330 g/mol. The Balaban J connectivity index is 1.66. The maximum atomic E-state index is 13.0. The topological polar surface area (TPSA) is 51.5 Å². The van der Waals surface area contributed by atoms with Gasteiger partial charge in [-0.3, -0.25) is 9.59 Å². The molecule has 2 heterocycles. The van der Waals surface area contributed by atoms with Crippen molar-refractivity contribution in [3.05, 3.63) is 63.8 Å². The summed E-state index contributed by atoms with van der Waals surface area (Å²) < 4.78 is 20.4. The number of likely N-dealkylation sites (tertiary alicyclic amines) is 1. The summed E-state index contributed by atoms with van der Waals surface area (Å²) in [5.74, 6) is 0.0214. The number of hydrogen-bond acceptors (Lipinski definition) is 3. The van der Waals surface area contributed by atoms with Gasteiger partial charge >= 0.3 is 0 Å². The van der Waals surface area contributed by atoms with Crippen LogP contribution in [0.1, 0.15) is 22.5 Å². The molecule has 3 rings (SSSR count). The first-order chi connectivity index (χ1) is 11.4. The monoisotopic (exact) mass is 330 g/mol. The maximum Gasteiger partial charge on any atom is 0.254 e. The quantitative estimate of drug-likeness (QED) is 0.866. The van der Waals surface area contributed by atoms with E-state index in [1.54, 1.807) is 16.5 Å². The summed E-state index contributed by atoms with van der Waals surface area (Å²) in [7, 11) is 1.71. The number of aromatic nitrogens is 1. The zero-order chi connectivity index (χ0) is 17.3. The van der Waals surface area contributed by atoms with Crippen molar-refractivity contribution in [2.24, 2.45) is 7.05 Å². The molecule has 0 N–H and O–H groups in total. The fourth-order valence-corrected chi connectivity index (χ4v) is 2.78. The molecule has 6 heteroatoms. The van der Waals surface area contributed by atoms with Crippen molar-refractivity contribution in [1.29, 1.82) is 0 Å². The second-order valence-corrected chi connectivity index (χ2v) is 6.02. The van der Waals surface area contributed by atoms with Crippen LogP contribution in [0.4, 0.5) is 4.39 Å². The van der Waals surface area contributed by atoms with E-state index in [1.165, 1.54) is 30.3 Å². The number of rotatable bonds is 3. The van der Waals surface area contributed by atoms with E-state index in [4.69, 9.17) is 4.74 Å². The van der Waals surface area contributed by atoms with Crippen LogP contribution in [0.15, 0.2) is 41.2 Å². The molecule has 1 aromatic heterocycles. The Kier molecular flexibility index (Phi) is 4.38. The third-order valence-corrected chi connectivity index (χ3v) is 4.30. The molecule has 0 spiro atoms. The van der Waals surface area contributed by atoms with Gasteiger partial charge < -0.3 is 14.2 Å². The molecule has 24 heavy (non-hydrogen) atoms. The Morgan fingerprint density at radius 3 is 2.62 bits per heavy atom. The minimum atomic E-state index is -0.366. The molecular formula is C18H19FN2O3. The third kappa shape index (κ3) is 3.32. The zero-order valence-electron chi connectivity index (χ0n) is 13.7. The summed E-state index contributed by atoms with van der Waals surface area (Å²) in [6.07, 6.45) is 0.544. The molecule has 1 aliphatic rings. The molecule has 1 fully saturated rings. The standard InChI is InChI=1S/C18H19FN2O3/c1-12-9-16(10-17(22)20(12)2)24-15-7-8-21(11-15)18(23)13-3-5-14(19)6-4-13/h3-6,9-10,15H,7-8,11H2,1-2H3. The Hall–Kier alpha value is -2.63. The van der Waals surface area contributed by atoms with Crippen LogP contribution in [0.5, 0.6) is 5.75 Å². The number of halogens is 1. The number of ether oxygens (including phenoxy) is 1. The van der Waals surface area contributed by atoms with Gasteiger partial charge in [-0.2, -0.15) is 0 Å². The number of benzene rings is 1. The van der Waals surface area contributed by atoms with Gasteiger partial charge in [-0.1, -0.05) is 0 Å². The highest BCUT2D eigenvalue weighted by molar-refractivity contribution is 5.94. The number of carbonyl (C=O) groups is 1. The molecule has 1 unspecified atom stereocenters. The average Bonchev–Trinajstić information content (AvgIpc) is 3.01. The normalized spacial score (nSPS) is 17.1. The van der Waals surface area contributed by atoms with Crippen molar-refractivity contribution in [2.45, 2.75) is 19.4 Å². The fourth-order valence-electron chi connectivity index (χ4n) is 2.78. The van der Waals surface area contributed by atoms with Crippen LogP contribution >= 0.6 is 0 Å². The van der Waals surface area contributed by atoms with Gasteiger partial charge in [-0.05, 0) is 37.3 Å². The first-order valence-electron chi connectivity index (χ1n) is 7.83. The van der Waals surface area contributed by atoms with Crippen LogP contribution in [-0.4, -0.2) is 34.6 Å². The second kappa shape index (κ2) is 6.47. The zero-order valence-corrected chi connectivity index (χ0v) is 13.7. The molecule has 126 valence electrons. The minimum absolute atomic E-state index is 0.123. The van der Waals surface area contributed by atoms with Gasteiger partial charge in [0, 0.05) is 37.3 Å². The summed E-state index contributed by atoms with van der Waals surface area (Å²) in [4.78, 5) is 25.9. The summed E-state index contributed by atoms with van der Waals surface area (Å²) in [6.45, 7) is 2.86. The largest absolute Gasteiger partial charge is 0.488 e. The molecule has 1 amide bonds. The van der Waals surface area contributed by atoms with Crippen LogP contribution in [0.25, 0.3) is 0 Å². The lowest BCUT2D eigenvalue weighted by Gasteiger charge is -2.18. The van der Waals surface area contributed by atoms with Crippen LogP contribution in [0.2, 0.25) is 0 Å². The molecule has 1 aromatic carbocycles. The Labute approximate surface area is 139 Å². The Morgan fingerprint density at radius 1 is 1.25 bits per heavy atom. The SMILES string of the molecule is Cc1cc(OC2CCN(C(=O)c3ccc(F)cc3)C2)cc(=O)n1C. The van der Waals surface area contributed by atoms with Gasteiger partial charge in [0.05, 0.1) is 6.54 Å². The fraction of sp³-hybridized carbons (Fsp3) is 0.333. The van der Waals surface area contributed by atoms with E-state index in [0.717, 1.165) is 5.69 Å². The minimum Gasteiger partial charge on any atom is -0.488 e. The molecule has 0 saturated carbocycles. The summed E-state index contributed by atoms with van der Waals surface area (Å²) in [5, 5.41) is 0. The molecule has 0 radical (unpaired) electrons. The highest BCUT2D eigenvalue weighted by Crippen LogP contribution is 2.20. The summed E-state index contributed by atoms with van der Waals surface area (Å²) >= 11 is 0. The lowest BCUT2D eigenvalue weighted by molar-refractivity contribution is 0.0772. The maximum absolute atomic E-state index is 13.0. The van der Waals surface area contributed by atoms with Gasteiger partial charge in [0.2, 0.25) is 0 Å². The highest BCUT2D eigenvalue weighted by atomic mass is 19.1. The first kappa shape index (κ1) is 16.2. The van der Waals surface area contributed by atoms with Crippen LogP contribution in [-0.2, 0) is 7.05 Å². The van der Waals surface area contributed by atoms with E-state index in [2.05, 4.69) is 0 Å². The van der Waals surface area contributed by atoms with Crippen molar-refractivity contribution in [3.63, 3.8) is 0 Å². The smallest absolute Gasteiger partial charge is 0.254 e. The van der Waals surface area contributed by atoms with E-state index in [9.17, 15) is 14.0 Å². The van der Waals surface area contributed by atoms with E-state index in [1.807, 2.05) is 13.0 Å². The molecule has 1 aliphatic heterocycles. The van der Waals surface area contributed by atoms with Crippen molar-refractivity contribution in [3.8, 4) is 5.75 Å². The molecule has 0 bridgehead atoms. The number of amides is 1.